The third-order valence-electron chi connectivity index (χ3n) is 5.10. The Morgan fingerprint density at radius 3 is 1.96 bits per heavy atom. The summed E-state index contributed by atoms with van der Waals surface area (Å²) < 4.78 is 10.7. The van der Waals surface area contributed by atoms with Crippen molar-refractivity contribution in [1.29, 1.82) is 0 Å². The third-order valence-corrected chi connectivity index (χ3v) is 5.10. The van der Waals surface area contributed by atoms with Gasteiger partial charge in [-0.25, -0.2) is 0 Å². The quantitative estimate of drug-likeness (QED) is 0.254. The molecule has 0 aromatic carbocycles. The van der Waals surface area contributed by atoms with Crippen molar-refractivity contribution in [3.8, 4) is 0 Å². The van der Waals surface area contributed by atoms with E-state index in [0.29, 0.717) is 0 Å². The van der Waals surface area contributed by atoms with E-state index in [9.17, 15) is 15.3 Å². The van der Waals surface area contributed by atoms with Crippen LogP contribution in [0.15, 0.2) is 12.2 Å². The van der Waals surface area contributed by atoms with Gasteiger partial charge in [-0.1, -0.05) is 76.9 Å². The highest BCUT2D eigenvalue weighted by atomic mass is 16.7. The standard InChI is InChI=1S/C21H40O6/c1-2-3-4-5-6-7-8-9-10-11-12-13-14-15-26-21-20(25)19(24)18(23)17(16-22)27-21/h13-14,17-25H,2-12,15-16H2,1H3/b14-13+/t17-,18+,19+,20-,21+/m1/s1. The molecule has 1 saturated heterocycles. The average molecular weight is 389 g/mol. The highest BCUT2D eigenvalue weighted by Crippen LogP contribution is 2.21. The zero-order valence-electron chi connectivity index (χ0n) is 16.8. The zero-order chi connectivity index (χ0) is 19.9. The number of hydrogen-bond donors (Lipinski definition) is 4. The van der Waals surface area contributed by atoms with Crippen LogP contribution in [0.25, 0.3) is 0 Å². The summed E-state index contributed by atoms with van der Waals surface area (Å²) in [5.41, 5.74) is 0. The number of hydrogen-bond acceptors (Lipinski definition) is 6. The fraction of sp³-hybridized carbons (Fsp3) is 0.905. The molecule has 0 saturated carbocycles. The SMILES string of the molecule is CCCCCCCCCCCC/C=C/CO[C@H]1O[C@H](CO)[C@H](O)[C@H](O)[C@H]1O. The lowest BCUT2D eigenvalue weighted by atomic mass is 9.99. The predicted octanol–water partition coefficient (Wildman–Crippen LogP) is 2.67. The molecule has 0 amide bonds. The molecule has 0 radical (unpaired) electrons. The fourth-order valence-corrected chi connectivity index (χ4v) is 3.29. The lowest BCUT2D eigenvalue weighted by molar-refractivity contribution is -0.298. The van der Waals surface area contributed by atoms with Crippen LogP contribution < -0.4 is 0 Å². The summed E-state index contributed by atoms with van der Waals surface area (Å²) in [6, 6.07) is 0. The summed E-state index contributed by atoms with van der Waals surface area (Å²) in [5, 5.41) is 38.4. The van der Waals surface area contributed by atoms with E-state index >= 15 is 0 Å². The Labute approximate surface area is 164 Å². The molecular weight excluding hydrogens is 348 g/mol. The lowest BCUT2D eigenvalue weighted by Crippen LogP contribution is -2.59. The maximum atomic E-state index is 9.86. The van der Waals surface area contributed by atoms with Crippen molar-refractivity contribution in [2.75, 3.05) is 13.2 Å². The van der Waals surface area contributed by atoms with E-state index in [0.717, 1.165) is 12.8 Å². The van der Waals surface area contributed by atoms with Gasteiger partial charge in [-0.15, -0.1) is 0 Å². The van der Waals surface area contributed by atoms with E-state index in [4.69, 9.17) is 14.6 Å². The molecule has 0 spiro atoms. The second-order valence-corrected chi connectivity index (χ2v) is 7.47. The maximum Gasteiger partial charge on any atom is 0.187 e. The Hall–Kier alpha value is -0.500. The van der Waals surface area contributed by atoms with Gasteiger partial charge in [0.15, 0.2) is 6.29 Å². The zero-order valence-corrected chi connectivity index (χ0v) is 16.8. The van der Waals surface area contributed by atoms with Gasteiger partial charge >= 0.3 is 0 Å². The molecule has 0 aromatic rings. The molecule has 0 aliphatic carbocycles. The molecule has 1 fully saturated rings. The van der Waals surface area contributed by atoms with Crippen molar-refractivity contribution >= 4 is 0 Å². The van der Waals surface area contributed by atoms with Crippen LogP contribution in [0.2, 0.25) is 0 Å². The first-order valence-electron chi connectivity index (χ1n) is 10.7. The second-order valence-electron chi connectivity index (χ2n) is 7.47. The van der Waals surface area contributed by atoms with Crippen LogP contribution in [0.1, 0.15) is 77.6 Å². The Balaban J connectivity index is 2.00. The van der Waals surface area contributed by atoms with Crippen LogP contribution in [-0.4, -0.2) is 64.3 Å². The van der Waals surface area contributed by atoms with Gasteiger partial charge in [0.1, 0.15) is 24.4 Å². The smallest absolute Gasteiger partial charge is 0.187 e. The van der Waals surface area contributed by atoms with Gasteiger partial charge < -0.3 is 29.9 Å². The Morgan fingerprint density at radius 1 is 0.778 bits per heavy atom. The third kappa shape index (κ3) is 10.0. The maximum absolute atomic E-state index is 9.86. The monoisotopic (exact) mass is 388 g/mol. The summed E-state index contributed by atoms with van der Waals surface area (Å²) in [5.74, 6) is 0. The minimum atomic E-state index is -1.39. The molecule has 5 atom stereocenters. The highest BCUT2D eigenvalue weighted by Gasteiger charge is 2.43. The van der Waals surface area contributed by atoms with E-state index in [1.54, 1.807) is 0 Å². The topological polar surface area (TPSA) is 99.4 Å². The molecule has 1 rings (SSSR count). The first-order chi connectivity index (χ1) is 13.1. The summed E-state index contributed by atoms with van der Waals surface area (Å²) in [4.78, 5) is 0. The van der Waals surface area contributed by atoms with Crippen molar-refractivity contribution in [3.63, 3.8) is 0 Å². The molecule has 1 aliphatic rings. The van der Waals surface area contributed by atoms with Crippen LogP contribution in [0.3, 0.4) is 0 Å². The molecule has 4 N–H and O–H groups in total. The summed E-state index contributed by atoms with van der Waals surface area (Å²) in [6.07, 6.45) is 12.0. The number of ether oxygens (including phenoxy) is 2. The molecular formula is C21H40O6. The van der Waals surface area contributed by atoms with Crippen molar-refractivity contribution in [2.24, 2.45) is 0 Å². The second kappa shape index (κ2) is 15.4. The number of allylic oxidation sites excluding steroid dienone is 1. The first-order valence-corrected chi connectivity index (χ1v) is 10.7. The number of unbranched alkanes of at least 4 members (excludes halogenated alkanes) is 10. The molecule has 0 unspecified atom stereocenters. The van der Waals surface area contributed by atoms with Gasteiger partial charge in [-0.2, -0.15) is 0 Å². The summed E-state index contributed by atoms with van der Waals surface area (Å²) >= 11 is 0. The van der Waals surface area contributed by atoms with Crippen molar-refractivity contribution in [1.82, 2.24) is 0 Å². The summed E-state index contributed by atoms with van der Waals surface area (Å²) in [6.45, 7) is 2.05. The van der Waals surface area contributed by atoms with E-state index < -0.39 is 37.3 Å². The van der Waals surface area contributed by atoms with E-state index in [1.165, 1.54) is 57.8 Å². The van der Waals surface area contributed by atoms with Gasteiger partial charge in [-0.05, 0) is 12.8 Å². The normalized spacial score (nSPS) is 28.9. The molecule has 1 heterocycles. The van der Waals surface area contributed by atoms with E-state index in [-0.39, 0.29) is 6.61 Å². The molecule has 0 bridgehead atoms. The van der Waals surface area contributed by atoms with Gasteiger partial charge in [0, 0.05) is 0 Å². The van der Waals surface area contributed by atoms with Crippen molar-refractivity contribution < 1.29 is 29.9 Å². The minimum absolute atomic E-state index is 0.250. The number of aliphatic hydroxyl groups is 4. The predicted molar refractivity (Wildman–Crippen MR) is 105 cm³/mol. The Morgan fingerprint density at radius 2 is 1.37 bits per heavy atom. The Kier molecular flexibility index (Phi) is 14.0. The van der Waals surface area contributed by atoms with Gasteiger partial charge in [0.2, 0.25) is 0 Å². The van der Waals surface area contributed by atoms with Crippen LogP contribution in [0, 0.1) is 0 Å². The summed E-state index contributed by atoms with van der Waals surface area (Å²) in [7, 11) is 0. The molecule has 0 aromatic heterocycles. The van der Waals surface area contributed by atoms with E-state index in [1.807, 2.05) is 6.08 Å². The lowest BCUT2D eigenvalue weighted by Gasteiger charge is -2.39. The average Bonchev–Trinajstić information content (AvgIpc) is 2.68. The van der Waals surface area contributed by atoms with Crippen LogP contribution in [-0.2, 0) is 9.47 Å². The first kappa shape index (κ1) is 24.5. The molecule has 1 aliphatic heterocycles. The largest absolute Gasteiger partial charge is 0.394 e. The molecule has 6 heteroatoms. The highest BCUT2D eigenvalue weighted by molar-refractivity contribution is 4.89. The van der Waals surface area contributed by atoms with Crippen LogP contribution in [0.5, 0.6) is 0 Å². The van der Waals surface area contributed by atoms with Crippen LogP contribution in [0.4, 0.5) is 0 Å². The van der Waals surface area contributed by atoms with Gasteiger partial charge in [0.25, 0.3) is 0 Å². The van der Waals surface area contributed by atoms with Gasteiger partial charge in [0.05, 0.1) is 13.2 Å². The van der Waals surface area contributed by atoms with Crippen LogP contribution >= 0.6 is 0 Å². The van der Waals surface area contributed by atoms with Crippen molar-refractivity contribution in [2.45, 2.75) is 108 Å². The minimum Gasteiger partial charge on any atom is -0.394 e. The van der Waals surface area contributed by atoms with E-state index in [2.05, 4.69) is 13.0 Å². The number of aliphatic hydroxyl groups excluding tert-OH is 4. The Bertz CT molecular complexity index is 374. The number of rotatable bonds is 15. The fourth-order valence-electron chi connectivity index (χ4n) is 3.29. The molecule has 6 nitrogen and oxygen atoms in total. The van der Waals surface area contributed by atoms with Crippen molar-refractivity contribution in [3.05, 3.63) is 12.2 Å². The molecule has 27 heavy (non-hydrogen) atoms. The molecule has 160 valence electrons. The van der Waals surface area contributed by atoms with Gasteiger partial charge in [-0.3, -0.25) is 0 Å².